The van der Waals surface area contributed by atoms with E-state index in [9.17, 15) is 13.6 Å². The van der Waals surface area contributed by atoms with Crippen molar-refractivity contribution in [3.8, 4) is 11.5 Å². The minimum absolute atomic E-state index is 0.0385. The van der Waals surface area contributed by atoms with Crippen LogP contribution in [0.5, 0.6) is 11.5 Å². The first-order chi connectivity index (χ1) is 8.06. The van der Waals surface area contributed by atoms with E-state index in [1.165, 1.54) is 19.2 Å². The number of hydrogen-bond donors (Lipinski definition) is 0. The number of hydrogen-bond acceptors (Lipinski definition) is 3. The van der Waals surface area contributed by atoms with Crippen LogP contribution in [0, 0.1) is 0 Å². The van der Waals surface area contributed by atoms with E-state index in [1.807, 2.05) is 0 Å². The van der Waals surface area contributed by atoms with Crippen LogP contribution in [0.1, 0.15) is 12.5 Å². The molecule has 0 N–H and O–H groups in total. The molecule has 0 saturated heterocycles. The van der Waals surface area contributed by atoms with Gasteiger partial charge < -0.3 is 9.47 Å². The lowest BCUT2D eigenvalue weighted by atomic mass is 10.1. The van der Waals surface area contributed by atoms with Gasteiger partial charge in [0.05, 0.1) is 7.11 Å². The highest BCUT2D eigenvalue weighted by Gasteiger charge is 2.10. The number of rotatable bonds is 5. The lowest BCUT2D eigenvalue weighted by molar-refractivity contribution is -0.104. The van der Waals surface area contributed by atoms with Crippen molar-refractivity contribution >= 4 is 12.4 Å². The molecule has 0 atom stereocenters. The molecule has 92 valence electrons. The summed E-state index contributed by atoms with van der Waals surface area (Å²) in [6.07, 6.45) is 2.32. The number of carbonyl (C=O) groups is 1. The van der Waals surface area contributed by atoms with Crippen LogP contribution in [0.15, 0.2) is 23.8 Å². The largest absolute Gasteiger partial charge is 0.493 e. The number of allylic oxidation sites excluding steroid dienone is 1. The fraction of sp³-hybridized carbons (Fsp3) is 0.250. The van der Waals surface area contributed by atoms with Crippen LogP contribution >= 0.6 is 0 Å². The van der Waals surface area contributed by atoms with Crippen LogP contribution < -0.4 is 9.47 Å². The van der Waals surface area contributed by atoms with Crippen LogP contribution in [0.4, 0.5) is 8.78 Å². The maximum absolute atomic E-state index is 12.1. The van der Waals surface area contributed by atoms with Crippen LogP contribution in [-0.2, 0) is 4.79 Å². The predicted molar refractivity (Wildman–Crippen MR) is 59.3 cm³/mol. The van der Waals surface area contributed by atoms with Gasteiger partial charge in [0.15, 0.2) is 11.5 Å². The summed E-state index contributed by atoms with van der Waals surface area (Å²) in [5.41, 5.74) is 1.20. The van der Waals surface area contributed by atoms with E-state index >= 15 is 0 Å². The highest BCUT2D eigenvalue weighted by Crippen LogP contribution is 2.30. The third kappa shape index (κ3) is 3.86. The molecule has 0 spiro atoms. The molecule has 1 aromatic carbocycles. The van der Waals surface area contributed by atoms with Crippen molar-refractivity contribution in [2.75, 3.05) is 7.11 Å². The molecule has 0 saturated carbocycles. The highest BCUT2D eigenvalue weighted by atomic mass is 19.3. The Morgan fingerprint density at radius 1 is 1.35 bits per heavy atom. The van der Waals surface area contributed by atoms with Gasteiger partial charge in [0.1, 0.15) is 6.29 Å². The Morgan fingerprint density at radius 2 is 2.06 bits per heavy atom. The molecule has 1 aromatic rings. The van der Waals surface area contributed by atoms with Gasteiger partial charge in [-0.1, -0.05) is 6.07 Å². The first-order valence-electron chi connectivity index (χ1n) is 4.83. The van der Waals surface area contributed by atoms with Gasteiger partial charge in [0.25, 0.3) is 0 Å². The van der Waals surface area contributed by atoms with E-state index in [0.29, 0.717) is 17.4 Å². The van der Waals surface area contributed by atoms with Gasteiger partial charge in [0, 0.05) is 0 Å². The Bertz CT molecular complexity index is 428. The van der Waals surface area contributed by atoms with Crippen molar-refractivity contribution < 1.29 is 23.0 Å². The molecule has 0 fully saturated rings. The zero-order valence-electron chi connectivity index (χ0n) is 9.44. The van der Waals surface area contributed by atoms with Gasteiger partial charge in [-0.15, -0.1) is 0 Å². The number of carbonyl (C=O) groups excluding carboxylic acids is 1. The maximum Gasteiger partial charge on any atom is 0.387 e. The quantitative estimate of drug-likeness (QED) is 0.588. The van der Waals surface area contributed by atoms with Crippen LogP contribution in [0.2, 0.25) is 0 Å². The van der Waals surface area contributed by atoms with Gasteiger partial charge >= 0.3 is 6.61 Å². The molecular weight excluding hydrogens is 230 g/mol. The fourth-order valence-corrected chi connectivity index (χ4v) is 1.26. The van der Waals surface area contributed by atoms with E-state index in [0.717, 1.165) is 0 Å². The third-order valence-electron chi connectivity index (χ3n) is 1.98. The van der Waals surface area contributed by atoms with Crippen molar-refractivity contribution in [1.29, 1.82) is 0 Å². The van der Waals surface area contributed by atoms with E-state index in [-0.39, 0.29) is 11.5 Å². The summed E-state index contributed by atoms with van der Waals surface area (Å²) in [6, 6.07) is 4.45. The standard InChI is InChI=1S/C12H12F2O3/c1-8(7-15)5-9-3-4-10(17-12(13)14)11(6-9)16-2/h3-7,12H,1-2H3. The highest BCUT2D eigenvalue weighted by molar-refractivity contribution is 5.81. The third-order valence-corrected chi connectivity index (χ3v) is 1.98. The predicted octanol–water partition coefficient (Wildman–Crippen LogP) is 2.90. The molecule has 0 radical (unpaired) electrons. The van der Waals surface area contributed by atoms with Gasteiger partial charge in [-0.2, -0.15) is 8.78 Å². The Hall–Kier alpha value is -1.91. The molecule has 0 aliphatic rings. The van der Waals surface area contributed by atoms with Gasteiger partial charge in [-0.05, 0) is 36.3 Å². The van der Waals surface area contributed by atoms with Crippen molar-refractivity contribution in [2.24, 2.45) is 0 Å². The number of ether oxygens (including phenoxy) is 2. The molecule has 1 rings (SSSR count). The summed E-state index contributed by atoms with van der Waals surface area (Å²) in [5.74, 6) is 0.154. The second-order valence-electron chi connectivity index (χ2n) is 3.30. The molecule has 17 heavy (non-hydrogen) atoms. The summed E-state index contributed by atoms with van der Waals surface area (Å²) in [6.45, 7) is -1.26. The van der Waals surface area contributed by atoms with Crippen LogP contribution in [-0.4, -0.2) is 20.0 Å². The van der Waals surface area contributed by atoms with Crippen LogP contribution in [0.3, 0.4) is 0 Å². The van der Waals surface area contributed by atoms with Gasteiger partial charge in [-0.25, -0.2) is 0 Å². The number of aldehydes is 1. The Balaban J connectivity index is 3.04. The van der Waals surface area contributed by atoms with Crippen LogP contribution in [0.25, 0.3) is 6.08 Å². The zero-order chi connectivity index (χ0) is 12.8. The van der Waals surface area contributed by atoms with Crippen molar-refractivity contribution in [3.63, 3.8) is 0 Å². The Morgan fingerprint density at radius 3 is 2.59 bits per heavy atom. The summed E-state index contributed by atoms with van der Waals surface area (Å²) in [4.78, 5) is 10.5. The molecular formula is C12H12F2O3. The van der Waals surface area contributed by atoms with E-state index < -0.39 is 6.61 Å². The van der Waals surface area contributed by atoms with Crippen molar-refractivity contribution in [1.82, 2.24) is 0 Å². The van der Waals surface area contributed by atoms with Crippen molar-refractivity contribution in [3.05, 3.63) is 29.3 Å². The summed E-state index contributed by atoms with van der Waals surface area (Å²) < 4.78 is 33.3. The summed E-state index contributed by atoms with van der Waals surface area (Å²) in [5, 5.41) is 0. The van der Waals surface area contributed by atoms with E-state index in [4.69, 9.17) is 4.74 Å². The fourth-order valence-electron chi connectivity index (χ4n) is 1.26. The topological polar surface area (TPSA) is 35.5 Å². The lowest BCUT2D eigenvalue weighted by Gasteiger charge is -2.10. The monoisotopic (exact) mass is 242 g/mol. The van der Waals surface area contributed by atoms with E-state index in [2.05, 4.69) is 4.74 Å². The molecule has 0 amide bonds. The summed E-state index contributed by atoms with van der Waals surface area (Å²) >= 11 is 0. The number of halogens is 2. The van der Waals surface area contributed by atoms with Gasteiger partial charge in [0.2, 0.25) is 0 Å². The molecule has 0 heterocycles. The summed E-state index contributed by atoms with van der Waals surface area (Å²) in [7, 11) is 1.35. The molecule has 0 aliphatic heterocycles. The molecule has 0 bridgehead atoms. The maximum atomic E-state index is 12.1. The van der Waals surface area contributed by atoms with Crippen molar-refractivity contribution in [2.45, 2.75) is 13.5 Å². The normalized spacial score (nSPS) is 11.5. The molecule has 3 nitrogen and oxygen atoms in total. The lowest BCUT2D eigenvalue weighted by Crippen LogP contribution is -2.03. The van der Waals surface area contributed by atoms with E-state index in [1.54, 1.807) is 19.1 Å². The minimum atomic E-state index is -2.90. The average molecular weight is 242 g/mol. The zero-order valence-corrected chi connectivity index (χ0v) is 9.44. The smallest absolute Gasteiger partial charge is 0.387 e. The Labute approximate surface area is 97.7 Å². The molecule has 0 unspecified atom stereocenters. The van der Waals surface area contributed by atoms with Gasteiger partial charge in [-0.3, -0.25) is 4.79 Å². The molecule has 0 aromatic heterocycles. The SMILES string of the molecule is COc1cc(C=C(C)C=O)ccc1OC(F)F. The minimum Gasteiger partial charge on any atom is -0.493 e. The number of methoxy groups -OCH3 is 1. The molecule has 5 heteroatoms. The number of benzene rings is 1. The first kappa shape index (κ1) is 13.2. The second-order valence-corrected chi connectivity index (χ2v) is 3.30. The second kappa shape index (κ2) is 5.98. The molecule has 0 aliphatic carbocycles. The number of alkyl halides is 2. The first-order valence-corrected chi connectivity index (χ1v) is 4.83. The average Bonchev–Trinajstić information content (AvgIpc) is 2.30. The Kier molecular flexibility index (Phi) is 4.63.